The summed E-state index contributed by atoms with van der Waals surface area (Å²) in [5.74, 6) is 2.60. The Labute approximate surface area is 175 Å². The lowest BCUT2D eigenvalue weighted by molar-refractivity contribution is 0.235. The molecule has 0 unspecified atom stereocenters. The fourth-order valence-electron chi connectivity index (χ4n) is 4.38. The summed E-state index contributed by atoms with van der Waals surface area (Å²) in [4.78, 5) is 9.26. The minimum atomic E-state index is 0.535. The van der Waals surface area contributed by atoms with Crippen LogP contribution in [0.5, 0.6) is 11.5 Å². The zero-order valence-corrected chi connectivity index (χ0v) is 17.5. The smallest absolute Gasteiger partial charge is 0.185 e. The third-order valence-corrected chi connectivity index (χ3v) is 6.33. The number of para-hydroxylation sites is 1. The van der Waals surface area contributed by atoms with Crippen molar-refractivity contribution in [3.8, 4) is 11.5 Å². The number of hydrogen-bond donors (Lipinski definition) is 0. The van der Waals surface area contributed by atoms with Gasteiger partial charge in [0.1, 0.15) is 18.1 Å². The van der Waals surface area contributed by atoms with Gasteiger partial charge in [0.05, 0.1) is 24.7 Å². The third kappa shape index (κ3) is 5.66. The van der Waals surface area contributed by atoms with Crippen LogP contribution in [0.25, 0.3) is 0 Å². The highest BCUT2D eigenvalue weighted by Crippen LogP contribution is 2.27. The number of anilines is 1. The first-order chi connectivity index (χ1) is 14.3. The van der Waals surface area contributed by atoms with Crippen LogP contribution in [-0.4, -0.2) is 56.7 Å². The zero-order valence-electron chi connectivity index (χ0n) is 17.5. The highest BCUT2D eigenvalue weighted by molar-refractivity contribution is 6.04. The van der Waals surface area contributed by atoms with E-state index < -0.39 is 0 Å². The number of piperidine rings is 1. The second-order valence-electron chi connectivity index (χ2n) is 8.35. The predicted octanol–water partition coefficient (Wildman–Crippen LogP) is 3.16. The third-order valence-electron chi connectivity index (χ3n) is 6.33. The van der Waals surface area contributed by atoms with Crippen molar-refractivity contribution < 1.29 is 9.47 Å². The van der Waals surface area contributed by atoms with E-state index in [0.717, 1.165) is 50.1 Å². The molecule has 0 amide bonds. The molecule has 2 aliphatic heterocycles. The van der Waals surface area contributed by atoms with Crippen molar-refractivity contribution in [2.45, 2.75) is 38.1 Å². The van der Waals surface area contributed by atoms with E-state index in [0.29, 0.717) is 6.04 Å². The second kappa shape index (κ2) is 10.0. The Morgan fingerprint density at radius 1 is 0.966 bits per heavy atom. The molecule has 1 aromatic heterocycles. The molecule has 0 spiro atoms. The van der Waals surface area contributed by atoms with Crippen LogP contribution in [0.1, 0.15) is 32.1 Å². The summed E-state index contributed by atoms with van der Waals surface area (Å²) in [5, 5.41) is 0. The molecule has 2 aromatic rings. The molecule has 2 saturated heterocycles. The Morgan fingerprint density at radius 2 is 1.79 bits per heavy atom. The van der Waals surface area contributed by atoms with Crippen molar-refractivity contribution in [3.63, 3.8) is 0 Å². The first kappa shape index (κ1) is 20.1. The average Bonchev–Trinajstić information content (AvgIpc) is 3.18. The van der Waals surface area contributed by atoms with Crippen LogP contribution in [0, 0.1) is 5.92 Å². The number of aromatic nitrogens is 1. The minimum Gasteiger partial charge on any atom is -0.494 e. The molecule has 5 nitrogen and oxygen atoms in total. The van der Waals surface area contributed by atoms with E-state index >= 15 is 0 Å². The second-order valence-corrected chi connectivity index (χ2v) is 8.35. The van der Waals surface area contributed by atoms with Crippen LogP contribution in [0.15, 0.2) is 48.8 Å². The fourth-order valence-corrected chi connectivity index (χ4v) is 4.38. The van der Waals surface area contributed by atoms with Crippen molar-refractivity contribution in [1.29, 1.82) is 0 Å². The van der Waals surface area contributed by atoms with Gasteiger partial charge in [0, 0.05) is 25.2 Å². The molecular formula is C23H32BN3O2. The summed E-state index contributed by atoms with van der Waals surface area (Å²) in [6, 6.07) is 12.8. The van der Waals surface area contributed by atoms with Gasteiger partial charge >= 0.3 is 0 Å². The van der Waals surface area contributed by atoms with Crippen molar-refractivity contribution in [2.75, 3.05) is 37.7 Å². The number of nitrogens with zero attached hydrogens (tertiary/aromatic N) is 3. The fraction of sp³-hybridized carbons (Fsp3) is 0.522. The lowest BCUT2D eigenvalue weighted by atomic mass is 9.94. The van der Waals surface area contributed by atoms with Crippen molar-refractivity contribution in [3.05, 3.63) is 48.8 Å². The molecule has 3 heterocycles. The largest absolute Gasteiger partial charge is 0.494 e. The first-order valence-corrected chi connectivity index (χ1v) is 11.0. The number of rotatable bonds is 8. The summed E-state index contributed by atoms with van der Waals surface area (Å²) in [6.07, 6.45) is 9.84. The molecule has 4 rings (SSSR count). The number of ether oxygens (including phenoxy) is 2. The molecule has 0 N–H and O–H groups in total. The standard InChI is InChI=1S/C23H32BN3O2/c24-27-11-4-5-20(27)18-29-23-15-21(16-25-17-23)26-12-8-19(9-13-26)10-14-28-22-6-2-1-3-7-22/h1-3,6-7,15-17,19-20H,4-5,8-14,18,24H2/t20-/m0/s1. The molecule has 0 bridgehead atoms. The van der Waals surface area contributed by atoms with Crippen LogP contribution in [0.3, 0.4) is 0 Å². The Morgan fingerprint density at radius 3 is 2.55 bits per heavy atom. The Balaban J connectivity index is 1.21. The summed E-state index contributed by atoms with van der Waals surface area (Å²) in [7, 11) is 2.19. The van der Waals surface area contributed by atoms with Crippen molar-refractivity contribution in [1.82, 2.24) is 9.79 Å². The van der Waals surface area contributed by atoms with Crippen molar-refractivity contribution >= 4 is 13.7 Å². The minimum absolute atomic E-state index is 0.535. The van der Waals surface area contributed by atoms with E-state index in [1.165, 1.54) is 37.9 Å². The van der Waals surface area contributed by atoms with Crippen LogP contribution >= 0.6 is 0 Å². The molecule has 0 radical (unpaired) electrons. The first-order valence-electron chi connectivity index (χ1n) is 11.0. The normalized spacial score (nSPS) is 20.7. The van der Waals surface area contributed by atoms with Gasteiger partial charge in [-0.3, -0.25) is 4.98 Å². The topological polar surface area (TPSA) is 37.8 Å². The lowest BCUT2D eigenvalue weighted by Gasteiger charge is -2.33. The summed E-state index contributed by atoms with van der Waals surface area (Å²) in [5.41, 5.74) is 1.18. The summed E-state index contributed by atoms with van der Waals surface area (Å²) >= 11 is 0. The Kier molecular flexibility index (Phi) is 6.93. The molecule has 0 saturated carbocycles. The Bertz CT molecular complexity index is 753. The highest BCUT2D eigenvalue weighted by atomic mass is 16.5. The summed E-state index contributed by atoms with van der Waals surface area (Å²) in [6.45, 7) is 4.89. The van der Waals surface area contributed by atoms with E-state index in [1.54, 1.807) is 0 Å². The SMILES string of the molecule is BN1CCC[C@H]1COc1cncc(N2CCC(CCOc3ccccc3)CC2)c1. The molecule has 1 atom stereocenters. The van der Waals surface area contributed by atoms with Crippen LogP contribution < -0.4 is 14.4 Å². The molecule has 0 aliphatic carbocycles. The van der Waals surface area contributed by atoms with Crippen LogP contribution in [0.4, 0.5) is 5.69 Å². The highest BCUT2D eigenvalue weighted by Gasteiger charge is 2.22. The maximum atomic E-state index is 6.06. The number of pyridine rings is 1. The van der Waals surface area contributed by atoms with Gasteiger partial charge in [0.25, 0.3) is 0 Å². The van der Waals surface area contributed by atoms with E-state index in [-0.39, 0.29) is 0 Å². The molecule has 154 valence electrons. The van der Waals surface area contributed by atoms with Gasteiger partial charge in [0.15, 0.2) is 7.98 Å². The van der Waals surface area contributed by atoms with Gasteiger partial charge in [-0.15, -0.1) is 0 Å². The molecule has 2 fully saturated rings. The van der Waals surface area contributed by atoms with Gasteiger partial charge in [-0.2, -0.15) is 0 Å². The molecule has 1 aromatic carbocycles. The maximum Gasteiger partial charge on any atom is 0.185 e. The zero-order chi connectivity index (χ0) is 19.9. The van der Waals surface area contributed by atoms with Gasteiger partial charge in [-0.1, -0.05) is 18.2 Å². The summed E-state index contributed by atoms with van der Waals surface area (Å²) < 4.78 is 11.9. The molecule has 29 heavy (non-hydrogen) atoms. The maximum absolute atomic E-state index is 6.06. The van der Waals surface area contributed by atoms with Crippen molar-refractivity contribution in [2.24, 2.45) is 5.92 Å². The predicted molar refractivity (Wildman–Crippen MR) is 119 cm³/mol. The molecule has 6 heteroatoms. The lowest BCUT2D eigenvalue weighted by Crippen LogP contribution is -2.34. The number of hydrogen-bond acceptors (Lipinski definition) is 5. The van der Waals surface area contributed by atoms with E-state index in [9.17, 15) is 0 Å². The molecule has 2 aliphatic rings. The average molecular weight is 393 g/mol. The monoisotopic (exact) mass is 393 g/mol. The van der Waals surface area contributed by atoms with Crippen LogP contribution in [0.2, 0.25) is 0 Å². The van der Waals surface area contributed by atoms with Crippen LogP contribution in [-0.2, 0) is 0 Å². The van der Waals surface area contributed by atoms with E-state index in [1.807, 2.05) is 42.7 Å². The van der Waals surface area contributed by atoms with Gasteiger partial charge in [-0.05, 0) is 56.7 Å². The molecular weight excluding hydrogens is 361 g/mol. The van der Waals surface area contributed by atoms with Gasteiger partial charge in [0.2, 0.25) is 0 Å². The van der Waals surface area contributed by atoms with Gasteiger partial charge < -0.3 is 19.2 Å². The van der Waals surface area contributed by atoms with E-state index in [4.69, 9.17) is 9.47 Å². The number of benzene rings is 1. The van der Waals surface area contributed by atoms with E-state index in [2.05, 4.69) is 28.7 Å². The van der Waals surface area contributed by atoms with Gasteiger partial charge in [-0.25, -0.2) is 0 Å². The quantitative estimate of drug-likeness (QED) is 0.645. The Hall–Kier alpha value is -2.21.